The van der Waals surface area contributed by atoms with Crippen molar-refractivity contribution in [1.82, 2.24) is 14.8 Å². The SMILES string of the molecule is O=c1cc(-c2nnc(C(F)F)o2)ccn1CC#Cc1ccc(F)cc1. The van der Waals surface area contributed by atoms with Gasteiger partial charge in [-0.15, -0.1) is 10.2 Å². The smallest absolute Gasteiger partial charge is 0.314 e. The van der Waals surface area contributed by atoms with Crippen LogP contribution >= 0.6 is 0 Å². The van der Waals surface area contributed by atoms with Crippen LogP contribution in [0.1, 0.15) is 17.9 Å². The van der Waals surface area contributed by atoms with Crippen molar-refractivity contribution in [2.75, 3.05) is 0 Å². The lowest BCUT2D eigenvalue weighted by Gasteiger charge is -2.01. The monoisotopic (exact) mass is 345 g/mol. The molecule has 0 fully saturated rings. The summed E-state index contributed by atoms with van der Waals surface area (Å²) >= 11 is 0. The van der Waals surface area contributed by atoms with Gasteiger partial charge in [0.1, 0.15) is 5.82 Å². The van der Waals surface area contributed by atoms with Gasteiger partial charge in [0.2, 0.25) is 5.89 Å². The molecule has 5 nitrogen and oxygen atoms in total. The third-order valence-corrected chi connectivity index (χ3v) is 3.20. The van der Waals surface area contributed by atoms with E-state index < -0.39 is 17.9 Å². The van der Waals surface area contributed by atoms with Crippen LogP contribution < -0.4 is 5.56 Å². The minimum absolute atomic E-state index is 0.114. The molecule has 0 bridgehead atoms. The molecular formula is C17H10F3N3O2. The summed E-state index contributed by atoms with van der Waals surface area (Å²) in [4.78, 5) is 12.0. The minimum Gasteiger partial charge on any atom is -0.415 e. The quantitative estimate of drug-likeness (QED) is 0.685. The predicted octanol–water partition coefficient (Wildman–Crippen LogP) is 3.03. The van der Waals surface area contributed by atoms with Gasteiger partial charge < -0.3 is 8.98 Å². The Kier molecular flexibility index (Phi) is 4.66. The van der Waals surface area contributed by atoms with Gasteiger partial charge in [0.05, 0.1) is 6.54 Å². The molecule has 8 heteroatoms. The van der Waals surface area contributed by atoms with Crippen LogP contribution in [0, 0.1) is 17.7 Å². The molecule has 126 valence electrons. The molecular weight excluding hydrogens is 335 g/mol. The summed E-state index contributed by atoms with van der Waals surface area (Å²) in [5.74, 6) is 4.30. The second-order valence-corrected chi connectivity index (χ2v) is 4.94. The van der Waals surface area contributed by atoms with E-state index in [9.17, 15) is 18.0 Å². The number of aromatic nitrogens is 3. The highest BCUT2D eigenvalue weighted by Crippen LogP contribution is 2.21. The first-order valence-electron chi connectivity index (χ1n) is 7.10. The van der Waals surface area contributed by atoms with Crippen molar-refractivity contribution < 1.29 is 17.6 Å². The van der Waals surface area contributed by atoms with E-state index in [1.807, 2.05) is 0 Å². The molecule has 0 N–H and O–H groups in total. The molecule has 0 spiro atoms. The number of nitrogens with zero attached hydrogens (tertiary/aromatic N) is 3. The number of halogens is 3. The normalized spacial score (nSPS) is 10.6. The Hall–Kier alpha value is -3.34. The Morgan fingerprint density at radius 2 is 1.92 bits per heavy atom. The van der Waals surface area contributed by atoms with Crippen LogP contribution in [0.4, 0.5) is 13.2 Å². The summed E-state index contributed by atoms with van der Waals surface area (Å²) in [6.07, 6.45) is -1.42. The summed E-state index contributed by atoms with van der Waals surface area (Å²) < 4.78 is 43.8. The van der Waals surface area contributed by atoms with Crippen LogP contribution in [-0.2, 0) is 6.54 Å². The molecule has 0 atom stereocenters. The number of hydrogen-bond donors (Lipinski definition) is 0. The van der Waals surface area contributed by atoms with E-state index in [1.54, 1.807) is 0 Å². The van der Waals surface area contributed by atoms with Crippen molar-refractivity contribution in [1.29, 1.82) is 0 Å². The molecule has 2 aromatic heterocycles. The van der Waals surface area contributed by atoms with Gasteiger partial charge >= 0.3 is 6.43 Å². The Bertz CT molecular complexity index is 998. The Labute approximate surface area is 139 Å². The van der Waals surface area contributed by atoms with Gasteiger partial charge in [0, 0.05) is 23.4 Å². The van der Waals surface area contributed by atoms with Gasteiger partial charge in [0.25, 0.3) is 11.4 Å². The molecule has 3 aromatic rings. The maximum Gasteiger partial charge on any atom is 0.314 e. The number of hydrogen-bond acceptors (Lipinski definition) is 4. The van der Waals surface area contributed by atoms with E-state index in [4.69, 9.17) is 4.42 Å². The van der Waals surface area contributed by atoms with Crippen molar-refractivity contribution in [3.05, 3.63) is 70.2 Å². The Morgan fingerprint density at radius 1 is 1.16 bits per heavy atom. The van der Waals surface area contributed by atoms with Gasteiger partial charge in [-0.1, -0.05) is 11.8 Å². The maximum absolute atomic E-state index is 12.8. The van der Waals surface area contributed by atoms with Crippen molar-refractivity contribution in [2.45, 2.75) is 13.0 Å². The first kappa shape index (κ1) is 16.5. The van der Waals surface area contributed by atoms with E-state index in [0.29, 0.717) is 5.56 Å². The molecule has 0 saturated heterocycles. The highest BCUT2D eigenvalue weighted by Gasteiger charge is 2.17. The fraction of sp³-hybridized carbons (Fsp3) is 0.118. The summed E-state index contributed by atoms with van der Waals surface area (Å²) in [6, 6.07) is 8.34. The molecule has 0 saturated carbocycles. The minimum atomic E-state index is -2.87. The van der Waals surface area contributed by atoms with Crippen LogP contribution in [0.2, 0.25) is 0 Å². The van der Waals surface area contributed by atoms with E-state index in [2.05, 4.69) is 22.0 Å². The number of rotatable bonds is 3. The van der Waals surface area contributed by atoms with Gasteiger partial charge in [0.15, 0.2) is 0 Å². The molecule has 0 unspecified atom stereocenters. The van der Waals surface area contributed by atoms with Crippen molar-refractivity contribution >= 4 is 0 Å². The van der Waals surface area contributed by atoms with Gasteiger partial charge in [-0.2, -0.15) is 8.78 Å². The molecule has 3 rings (SSSR count). The summed E-state index contributed by atoms with van der Waals surface area (Å²) in [6.45, 7) is 0.114. The first-order valence-corrected chi connectivity index (χ1v) is 7.10. The predicted molar refractivity (Wildman–Crippen MR) is 82.2 cm³/mol. The fourth-order valence-electron chi connectivity index (χ4n) is 1.97. The van der Waals surface area contributed by atoms with Crippen molar-refractivity contribution in [3.8, 4) is 23.3 Å². The lowest BCUT2D eigenvalue weighted by molar-refractivity contribution is 0.116. The zero-order valence-electron chi connectivity index (χ0n) is 12.6. The van der Waals surface area contributed by atoms with Gasteiger partial charge in [-0.25, -0.2) is 4.39 Å². The zero-order chi connectivity index (χ0) is 17.8. The van der Waals surface area contributed by atoms with Gasteiger partial charge in [-0.05, 0) is 30.3 Å². The maximum atomic E-state index is 12.8. The molecule has 25 heavy (non-hydrogen) atoms. The zero-order valence-corrected chi connectivity index (χ0v) is 12.6. The van der Waals surface area contributed by atoms with Crippen LogP contribution in [0.3, 0.4) is 0 Å². The average molecular weight is 345 g/mol. The average Bonchev–Trinajstić information content (AvgIpc) is 3.08. The summed E-state index contributed by atoms with van der Waals surface area (Å²) in [5, 5.41) is 6.69. The second-order valence-electron chi connectivity index (χ2n) is 4.94. The van der Waals surface area contributed by atoms with Crippen LogP contribution in [0.15, 0.2) is 51.8 Å². The number of benzene rings is 1. The third-order valence-electron chi connectivity index (χ3n) is 3.20. The molecule has 1 aromatic carbocycles. The van der Waals surface area contributed by atoms with E-state index in [1.165, 1.54) is 47.2 Å². The molecule has 0 aliphatic rings. The largest absolute Gasteiger partial charge is 0.415 e. The lowest BCUT2D eigenvalue weighted by Crippen LogP contribution is -2.17. The van der Waals surface area contributed by atoms with Gasteiger partial charge in [-0.3, -0.25) is 4.79 Å². The topological polar surface area (TPSA) is 60.9 Å². The Balaban J connectivity index is 1.76. The molecule has 0 aliphatic carbocycles. The van der Waals surface area contributed by atoms with Crippen LogP contribution in [-0.4, -0.2) is 14.8 Å². The van der Waals surface area contributed by atoms with E-state index in [-0.39, 0.29) is 23.8 Å². The fourth-order valence-corrected chi connectivity index (χ4v) is 1.97. The first-order chi connectivity index (χ1) is 12.0. The summed E-state index contributed by atoms with van der Waals surface area (Å²) in [7, 11) is 0. The Morgan fingerprint density at radius 3 is 2.56 bits per heavy atom. The standard InChI is InChI=1S/C17H10F3N3O2/c18-13-5-3-11(4-6-13)2-1-8-23-9-7-12(10-14(23)24)16-21-22-17(25-16)15(19)20/h3-7,9-10,15H,8H2. The van der Waals surface area contributed by atoms with E-state index in [0.717, 1.165) is 0 Å². The van der Waals surface area contributed by atoms with Crippen LogP contribution in [0.25, 0.3) is 11.5 Å². The second kappa shape index (κ2) is 7.05. The number of alkyl halides is 2. The molecule has 0 radical (unpaired) electrons. The molecule has 2 heterocycles. The highest BCUT2D eigenvalue weighted by molar-refractivity contribution is 5.51. The van der Waals surface area contributed by atoms with Crippen LogP contribution in [0.5, 0.6) is 0 Å². The number of pyridine rings is 1. The molecule has 0 amide bonds. The van der Waals surface area contributed by atoms with E-state index >= 15 is 0 Å². The summed E-state index contributed by atoms with van der Waals surface area (Å²) in [5.41, 5.74) is 0.464. The van der Waals surface area contributed by atoms with Crippen molar-refractivity contribution in [3.63, 3.8) is 0 Å². The highest BCUT2D eigenvalue weighted by atomic mass is 19.3. The molecule has 0 aliphatic heterocycles. The van der Waals surface area contributed by atoms with Crippen molar-refractivity contribution in [2.24, 2.45) is 0 Å². The third kappa shape index (κ3) is 3.95. The lowest BCUT2D eigenvalue weighted by atomic mass is 10.2.